The number of hydrogen-bond acceptors (Lipinski definition) is 4. The second kappa shape index (κ2) is 5.96. The number of aromatic nitrogens is 2. The molecule has 2 rings (SSSR count). The van der Waals surface area contributed by atoms with Gasteiger partial charge in [-0.25, -0.2) is 4.98 Å². The molecular formula is C13H16N4O3S. The number of carbonyl (C=O) groups excluding carboxylic acids is 1. The van der Waals surface area contributed by atoms with E-state index in [-0.39, 0.29) is 10.9 Å². The fourth-order valence-electron chi connectivity index (χ4n) is 1.70. The molecule has 0 unspecified atom stereocenters. The fraction of sp³-hybridized carbons (Fsp3) is 0.231. The number of H-pyrrole nitrogens is 1. The maximum Gasteiger partial charge on any atom is 0.278 e. The second-order valence-corrected chi connectivity index (χ2v) is 5.96. The molecule has 21 heavy (non-hydrogen) atoms. The highest BCUT2D eigenvalue weighted by molar-refractivity contribution is 7.92. The molecule has 0 aliphatic carbocycles. The van der Waals surface area contributed by atoms with E-state index in [0.717, 1.165) is 0 Å². The van der Waals surface area contributed by atoms with Crippen molar-refractivity contribution >= 4 is 21.6 Å². The lowest BCUT2D eigenvalue weighted by Crippen LogP contribution is -2.18. The minimum absolute atomic E-state index is 0.00901. The lowest BCUT2D eigenvalue weighted by Gasteiger charge is -2.07. The molecule has 1 amide bonds. The zero-order valence-corrected chi connectivity index (χ0v) is 12.5. The maximum absolute atomic E-state index is 12.1. The molecule has 8 heteroatoms. The molecular weight excluding hydrogens is 292 g/mol. The number of imidazole rings is 1. The van der Waals surface area contributed by atoms with E-state index < -0.39 is 10.0 Å². The number of amides is 1. The number of anilines is 1. The number of aromatic amines is 1. The van der Waals surface area contributed by atoms with Gasteiger partial charge < -0.3 is 10.3 Å². The van der Waals surface area contributed by atoms with E-state index in [2.05, 4.69) is 20.0 Å². The SMILES string of the molecule is CCc1ncc(S(=O)(=O)Nc2ccc(C(=O)NC)cc2)[nH]1. The van der Waals surface area contributed by atoms with Gasteiger partial charge in [0.1, 0.15) is 5.82 Å². The highest BCUT2D eigenvalue weighted by Gasteiger charge is 2.17. The number of rotatable bonds is 5. The smallest absolute Gasteiger partial charge is 0.278 e. The molecule has 1 aromatic carbocycles. The van der Waals surface area contributed by atoms with Gasteiger partial charge in [0.2, 0.25) is 0 Å². The summed E-state index contributed by atoms with van der Waals surface area (Å²) in [5, 5.41) is 2.50. The summed E-state index contributed by atoms with van der Waals surface area (Å²) < 4.78 is 26.7. The van der Waals surface area contributed by atoms with Gasteiger partial charge in [-0.15, -0.1) is 0 Å². The molecule has 7 nitrogen and oxygen atoms in total. The molecule has 3 N–H and O–H groups in total. The Morgan fingerprint density at radius 1 is 1.29 bits per heavy atom. The van der Waals surface area contributed by atoms with Gasteiger partial charge in [-0.3, -0.25) is 9.52 Å². The summed E-state index contributed by atoms with van der Waals surface area (Å²) in [6.45, 7) is 1.88. The highest BCUT2D eigenvalue weighted by Crippen LogP contribution is 2.15. The van der Waals surface area contributed by atoms with Crippen molar-refractivity contribution in [1.29, 1.82) is 0 Å². The molecule has 1 aromatic heterocycles. The highest BCUT2D eigenvalue weighted by atomic mass is 32.2. The van der Waals surface area contributed by atoms with Gasteiger partial charge >= 0.3 is 0 Å². The van der Waals surface area contributed by atoms with Crippen LogP contribution in [0.2, 0.25) is 0 Å². The van der Waals surface area contributed by atoms with Crippen molar-refractivity contribution in [1.82, 2.24) is 15.3 Å². The van der Waals surface area contributed by atoms with Crippen LogP contribution >= 0.6 is 0 Å². The van der Waals surface area contributed by atoms with Crippen LogP contribution in [0.3, 0.4) is 0 Å². The van der Waals surface area contributed by atoms with Crippen LogP contribution in [0.1, 0.15) is 23.1 Å². The van der Waals surface area contributed by atoms with Crippen molar-refractivity contribution in [3.8, 4) is 0 Å². The molecule has 0 radical (unpaired) electrons. The first kappa shape index (κ1) is 15.0. The third kappa shape index (κ3) is 3.40. The Morgan fingerprint density at radius 3 is 2.48 bits per heavy atom. The van der Waals surface area contributed by atoms with E-state index in [1.807, 2.05) is 6.92 Å². The van der Waals surface area contributed by atoms with Crippen molar-refractivity contribution in [3.63, 3.8) is 0 Å². The molecule has 0 saturated heterocycles. The van der Waals surface area contributed by atoms with Crippen LogP contribution in [-0.2, 0) is 16.4 Å². The van der Waals surface area contributed by atoms with Crippen LogP contribution in [0.25, 0.3) is 0 Å². The van der Waals surface area contributed by atoms with Crippen molar-refractivity contribution in [2.24, 2.45) is 0 Å². The summed E-state index contributed by atoms with van der Waals surface area (Å²) >= 11 is 0. The Balaban J connectivity index is 2.18. The Morgan fingerprint density at radius 2 is 1.95 bits per heavy atom. The van der Waals surface area contributed by atoms with E-state index >= 15 is 0 Å². The van der Waals surface area contributed by atoms with Gasteiger partial charge in [-0.05, 0) is 24.3 Å². The first-order chi connectivity index (χ1) is 9.96. The maximum atomic E-state index is 12.1. The van der Waals surface area contributed by atoms with E-state index in [1.165, 1.54) is 25.4 Å². The van der Waals surface area contributed by atoms with Crippen LogP contribution in [0.5, 0.6) is 0 Å². The summed E-state index contributed by atoms with van der Waals surface area (Å²) in [7, 11) is -2.18. The van der Waals surface area contributed by atoms with Gasteiger partial charge in [-0.1, -0.05) is 6.92 Å². The number of nitrogens with zero attached hydrogens (tertiary/aromatic N) is 1. The lowest BCUT2D eigenvalue weighted by molar-refractivity contribution is 0.0963. The molecule has 0 saturated carbocycles. The van der Waals surface area contributed by atoms with Crippen molar-refractivity contribution in [3.05, 3.63) is 41.9 Å². The zero-order chi connectivity index (χ0) is 15.5. The predicted octanol–water partition coefficient (Wildman–Crippen LogP) is 1.13. The standard InChI is InChI=1S/C13H16N4O3S/c1-3-11-15-8-12(16-11)21(19,20)17-10-6-4-9(5-7-10)13(18)14-2/h4-8,17H,3H2,1-2H3,(H,14,18)(H,15,16). The molecule has 0 fully saturated rings. The number of aryl methyl sites for hydroxylation is 1. The first-order valence-corrected chi connectivity index (χ1v) is 7.83. The Hall–Kier alpha value is -2.35. The van der Waals surface area contributed by atoms with Crippen molar-refractivity contribution in [2.75, 3.05) is 11.8 Å². The van der Waals surface area contributed by atoms with Crippen LogP contribution in [0.4, 0.5) is 5.69 Å². The van der Waals surface area contributed by atoms with Gasteiger partial charge in [0.05, 0.1) is 6.20 Å². The van der Waals surface area contributed by atoms with Gasteiger partial charge in [0.25, 0.3) is 15.9 Å². The summed E-state index contributed by atoms with van der Waals surface area (Å²) in [4.78, 5) is 18.1. The Kier molecular flexibility index (Phi) is 4.27. The van der Waals surface area contributed by atoms with Crippen molar-refractivity contribution < 1.29 is 13.2 Å². The number of benzene rings is 1. The minimum Gasteiger partial charge on any atom is -0.355 e. The van der Waals surface area contributed by atoms with Crippen LogP contribution in [0.15, 0.2) is 35.5 Å². The Bertz CT molecular complexity index is 735. The second-order valence-electron chi connectivity index (χ2n) is 4.31. The topological polar surface area (TPSA) is 104 Å². The van der Waals surface area contributed by atoms with Crippen molar-refractivity contribution in [2.45, 2.75) is 18.4 Å². The Labute approximate surface area is 122 Å². The normalized spacial score (nSPS) is 11.1. The summed E-state index contributed by atoms with van der Waals surface area (Å²) in [6.07, 6.45) is 1.90. The summed E-state index contributed by atoms with van der Waals surface area (Å²) in [6, 6.07) is 6.14. The van der Waals surface area contributed by atoms with Gasteiger partial charge in [0, 0.05) is 24.7 Å². The number of nitrogens with one attached hydrogen (secondary N) is 3. The van der Waals surface area contributed by atoms with E-state index in [9.17, 15) is 13.2 Å². The molecule has 0 bridgehead atoms. The van der Waals surface area contributed by atoms with E-state index in [0.29, 0.717) is 23.5 Å². The molecule has 1 heterocycles. The average Bonchev–Trinajstić information content (AvgIpc) is 2.96. The average molecular weight is 308 g/mol. The third-order valence-corrected chi connectivity index (χ3v) is 4.15. The minimum atomic E-state index is -3.71. The molecule has 0 atom stereocenters. The first-order valence-electron chi connectivity index (χ1n) is 6.35. The van der Waals surface area contributed by atoms with Crippen LogP contribution < -0.4 is 10.0 Å². The predicted molar refractivity (Wildman–Crippen MR) is 78.6 cm³/mol. The lowest BCUT2D eigenvalue weighted by atomic mass is 10.2. The summed E-state index contributed by atoms with van der Waals surface area (Å²) in [5.74, 6) is 0.371. The third-order valence-electron chi connectivity index (χ3n) is 2.86. The van der Waals surface area contributed by atoms with Gasteiger partial charge in [0.15, 0.2) is 5.03 Å². The summed E-state index contributed by atoms with van der Waals surface area (Å²) in [5.41, 5.74) is 0.825. The molecule has 0 spiro atoms. The van der Waals surface area contributed by atoms with Gasteiger partial charge in [-0.2, -0.15) is 8.42 Å². The van der Waals surface area contributed by atoms with Crippen LogP contribution in [-0.4, -0.2) is 31.3 Å². The van der Waals surface area contributed by atoms with E-state index in [4.69, 9.17) is 0 Å². The zero-order valence-electron chi connectivity index (χ0n) is 11.7. The largest absolute Gasteiger partial charge is 0.355 e. The van der Waals surface area contributed by atoms with Crippen LogP contribution in [0, 0.1) is 0 Å². The van der Waals surface area contributed by atoms with E-state index in [1.54, 1.807) is 12.1 Å². The fourth-order valence-corrected chi connectivity index (χ4v) is 2.70. The molecule has 0 aliphatic heterocycles. The number of sulfonamides is 1. The molecule has 112 valence electrons. The monoisotopic (exact) mass is 308 g/mol. The number of hydrogen-bond donors (Lipinski definition) is 3. The molecule has 0 aliphatic rings. The number of carbonyl (C=O) groups is 1. The quantitative estimate of drug-likeness (QED) is 0.770. The molecule has 2 aromatic rings.